The highest BCUT2D eigenvalue weighted by Crippen LogP contribution is 2.29. The van der Waals surface area contributed by atoms with Gasteiger partial charge in [0, 0.05) is 12.7 Å². The highest BCUT2D eigenvalue weighted by Gasteiger charge is 2.08. The van der Waals surface area contributed by atoms with Crippen LogP contribution in [0.5, 0.6) is 11.5 Å². The Bertz CT molecular complexity index is 753. The summed E-state index contributed by atoms with van der Waals surface area (Å²) in [5.41, 5.74) is 9.03. The summed E-state index contributed by atoms with van der Waals surface area (Å²) >= 11 is 0. The van der Waals surface area contributed by atoms with Crippen molar-refractivity contribution in [3.8, 4) is 11.5 Å². The second-order valence-corrected chi connectivity index (χ2v) is 5.76. The zero-order valence-electron chi connectivity index (χ0n) is 16.7. The first-order valence-electron chi connectivity index (χ1n) is 9.29. The largest absolute Gasteiger partial charge is 0.494 e. The van der Waals surface area contributed by atoms with E-state index in [1.54, 1.807) is 0 Å². The summed E-state index contributed by atoms with van der Waals surface area (Å²) in [6.45, 7) is 8.73. The van der Waals surface area contributed by atoms with Gasteiger partial charge in [0.2, 0.25) is 0 Å². The van der Waals surface area contributed by atoms with E-state index in [1.807, 2.05) is 63.2 Å². The third-order valence-electron chi connectivity index (χ3n) is 3.82. The quantitative estimate of drug-likeness (QED) is 0.285. The molecule has 0 bridgehead atoms. The molecule has 2 aromatic rings. The lowest BCUT2D eigenvalue weighted by atomic mass is 10.1. The van der Waals surface area contributed by atoms with Crippen molar-refractivity contribution in [1.29, 1.82) is 0 Å². The topological polar surface area (TPSA) is 78.1 Å². The molecular formula is C21H30IN3O3. The smallest absolute Gasteiger partial charge is 0.193 e. The van der Waals surface area contributed by atoms with E-state index in [0.29, 0.717) is 44.7 Å². The maximum absolute atomic E-state index is 6.10. The molecule has 0 aliphatic heterocycles. The molecule has 7 heteroatoms. The van der Waals surface area contributed by atoms with Gasteiger partial charge >= 0.3 is 0 Å². The van der Waals surface area contributed by atoms with Crippen LogP contribution in [0.1, 0.15) is 31.9 Å². The van der Waals surface area contributed by atoms with Crippen LogP contribution in [0.4, 0.5) is 5.69 Å². The van der Waals surface area contributed by atoms with Crippen molar-refractivity contribution in [2.45, 2.75) is 33.9 Å². The lowest BCUT2D eigenvalue weighted by Gasteiger charge is -2.14. The van der Waals surface area contributed by atoms with Gasteiger partial charge in [0.15, 0.2) is 5.96 Å². The monoisotopic (exact) mass is 499 g/mol. The average Bonchev–Trinajstić information content (AvgIpc) is 2.67. The minimum Gasteiger partial charge on any atom is -0.494 e. The number of anilines is 1. The summed E-state index contributed by atoms with van der Waals surface area (Å²) in [6, 6.07) is 13.7. The number of nitrogens with one attached hydrogen (secondary N) is 1. The lowest BCUT2D eigenvalue weighted by molar-refractivity contribution is 0.133. The van der Waals surface area contributed by atoms with E-state index in [1.165, 1.54) is 0 Å². The first-order valence-corrected chi connectivity index (χ1v) is 9.29. The molecule has 6 nitrogen and oxygen atoms in total. The molecule has 0 spiro atoms. The van der Waals surface area contributed by atoms with E-state index >= 15 is 0 Å². The molecule has 2 aromatic carbocycles. The van der Waals surface area contributed by atoms with Crippen LogP contribution in [0.3, 0.4) is 0 Å². The van der Waals surface area contributed by atoms with Crippen LogP contribution in [0, 0.1) is 0 Å². The Morgan fingerprint density at radius 2 is 1.68 bits per heavy atom. The molecular weight excluding hydrogens is 469 g/mol. The summed E-state index contributed by atoms with van der Waals surface area (Å²) in [5, 5.41) is 3.12. The highest BCUT2D eigenvalue weighted by molar-refractivity contribution is 14.0. The van der Waals surface area contributed by atoms with E-state index in [9.17, 15) is 0 Å². The number of benzene rings is 2. The number of ether oxygens (including phenoxy) is 3. The number of nitrogens with two attached hydrogens (primary N) is 1. The Kier molecular flexibility index (Phi) is 11.4. The number of aliphatic imine (C=N–C) groups is 1. The molecule has 0 saturated carbocycles. The Balaban J connectivity index is 0.00000392. The van der Waals surface area contributed by atoms with E-state index in [4.69, 9.17) is 19.9 Å². The molecule has 0 aliphatic rings. The molecule has 0 amide bonds. The minimum absolute atomic E-state index is 0. The molecule has 3 N–H and O–H groups in total. The van der Waals surface area contributed by atoms with Crippen LogP contribution in [-0.2, 0) is 17.9 Å². The van der Waals surface area contributed by atoms with Crippen molar-refractivity contribution in [3.63, 3.8) is 0 Å². The average molecular weight is 499 g/mol. The van der Waals surface area contributed by atoms with Crippen LogP contribution in [-0.4, -0.2) is 25.8 Å². The first-order chi connectivity index (χ1) is 13.2. The van der Waals surface area contributed by atoms with Crippen LogP contribution < -0.4 is 20.5 Å². The van der Waals surface area contributed by atoms with Crippen molar-refractivity contribution in [2.24, 2.45) is 10.7 Å². The van der Waals surface area contributed by atoms with Crippen molar-refractivity contribution in [3.05, 3.63) is 53.6 Å². The molecule has 0 atom stereocenters. The predicted octanol–water partition coefficient (Wildman–Crippen LogP) is 4.57. The van der Waals surface area contributed by atoms with Crippen LogP contribution in [0.15, 0.2) is 47.5 Å². The zero-order chi connectivity index (χ0) is 19.5. The number of halogens is 1. The number of nitrogens with zero attached hydrogens (tertiary/aromatic N) is 1. The van der Waals surface area contributed by atoms with Gasteiger partial charge in [-0.25, -0.2) is 4.99 Å². The van der Waals surface area contributed by atoms with Crippen LogP contribution in [0.2, 0.25) is 0 Å². The number of rotatable bonds is 10. The SMILES string of the molecule is CCOCc1ccccc1CN=C(N)Nc1cc(OCC)ccc1OCC.I. The summed E-state index contributed by atoms with van der Waals surface area (Å²) in [5.74, 6) is 1.77. The van der Waals surface area contributed by atoms with Gasteiger partial charge in [0.05, 0.1) is 32.1 Å². The van der Waals surface area contributed by atoms with Crippen molar-refractivity contribution in [2.75, 3.05) is 25.1 Å². The van der Waals surface area contributed by atoms with E-state index in [2.05, 4.69) is 10.3 Å². The maximum Gasteiger partial charge on any atom is 0.193 e. The number of hydrogen-bond acceptors (Lipinski definition) is 4. The van der Waals surface area contributed by atoms with E-state index in [-0.39, 0.29) is 24.0 Å². The fourth-order valence-electron chi connectivity index (χ4n) is 2.56. The summed E-state index contributed by atoms with van der Waals surface area (Å²) < 4.78 is 16.7. The van der Waals surface area contributed by atoms with Crippen LogP contribution in [0.25, 0.3) is 0 Å². The molecule has 0 radical (unpaired) electrons. The van der Waals surface area contributed by atoms with Gasteiger partial charge in [0.25, 0.3) is 0 Å². The molecule has 0 fully saturated rings. The maximum atomic E-state index is 6.10. The van der Waals surface area contributed by atoms with Crippen LogP contribution >= 0.6 is 24.0 Å². The molecule has 0 aliphatic carbocycles. The predicted molar refractivity (Wildman–Crippen MR) is 125 cm³/mol. The summed E-state index contributed by atoms with van der Waals surface area (Å²) in [6.07, 6.45) is 0. The van der Waals surface area contributed by atoms with Gasteiger partial charge in [-0.05, 0) is 44.0 Å². The van der Waals surface area contributed by atoms with Crippen molar-refractivity contribution in [1.82, 2.24) is 0 Å². The Labute approximate surface area is 184 Å². The van der Waals surface area contributed by atoms with Gasteiger partial charge in [-0.15, -0.1) is 24.0 Å². The van der Waals surface area contributed by atoms with Gasteiger partial charge in [-0.3, -0.25) is 0 Å². The second-order valence-electron chi connectivity index (χ2n) is 5.76. The molecule has 154 valence electrons. The molecule has 0 heterocycles. The molecule has 2 rings (SSSR count). The highest BCUT2D eigenvalue weighted by atomic mass is 127. The molecule has 0 unspecified atom stereocenters. The Hall–Kier alpha value is -2.00. The van der Waals surface area contributed by atoms with Crippen molar-refractivity contribution >= 4 is 35.6 Å². The molecule has 28 heavy (non-hydrogen) atoms. The number of guanidine groups is 1. The lowest BCUT2D eigenvalue weighted by Crippen LogP contribution is -2.23. The Morgan fingerprint density at radius 3 is 2.36 bits per heavy atom. The molecule has 0 saturated heterocycles. The second kappa shape index (κ2) is 13.2. The number of hydrogen-bond donors (Lipinski definition) is 2. The normalized spacial score (nSPS) is 10.9. The zero-order valence-corrected chi connectivity index (χ0v) is 19.1. The molecule has 0 aromatic heterocycles. The van der Waals surface area contributed by atoms with E-state index < -0.39 is 0 Å². The summed E-state index contributed by atoms with van der Waals surface area (Å²) in [7, 11) is 0. The van der Waals surface area contributed by atoms with Crippen molar-refractivity contribution < 1.29 is 14.2 Å². The summed E-state index contributed by atoms with van der Waals surface area (Å²) in [4.78, 5) is 4.47. The fraction of sp³-hybridized carbons (Fsp3) is 0.381. The van der Waals surface area contributed by atoms with Gasteiger partial charge in [0.1, 0.15) is 11.5 Å². The Morgan fingerprint density at radius 1 is 0.964 bits per heavy atom. The fourth-order valence-corrected chi connectivity index (χ4v) is 2.56. The van der Waals surface area contributed by atoms with Gasteiger partial charge in [-0.2, -0.15) is 0 Å². The van der Waals surface area contributed by atoms with Gasteiger partial charge < -0.3 is 25.3 Å². The first kappa shape index (κ1) is 24.0. The third-order valence-corrected chi connectivity index (χ3v) is 3.82. The van der Waals surface area contributed by atoms with Gasteiger partial charge in [-0.1, -0.05) is 24.3 Å². The standard InChI is InChI=1S/C21H29N3O3.HI/c1-4-25-15-17-10-8-7-9-16(17)14-23-21(22)24-19-13-18(26-5-2)11-12-20(19)27-6-3;/h7-13H,4-6,14-15H2,1-3H3,(H3,22,23,24);1H. The van der Waals surface area contributed by atoms with E-state index in [0.717, 1.165) is 22.6 Å². The third kappa shape index (κ3) is 7.55. The minimum atomic E-state index is 0.